The zero-order valence-corrected chi connectivity index (χ0v) is 13.8. The summed E-state index contributed by atoms with van der Waals surface area (Å²) < 4.78 is 0. The zero-order valence-electron chi connectivity index (χ0n) is 13.8. The van der Waals surface area contributed by atoms with Crippen molar-refractivity contribution in [2.75, 3.05) is 26.2 Å². The van der Waals surface area contributed by atoms with Crippen molar-refractivity contribution in [3.63, 3.8) is 0 Å². The Balaban J connectivity index is 2.13. The molecule has 1 amide bonds. The number of amides is 1. The minimum Gasteiger partial charge on any atom is -0.395 e. The predicted octanol–water partition coefficient (Wildman–Crippen LogP) is 2.70. The molecule has 1 saturated heterocycles. The number of nitrogens with zero attached hydrogens (tertiary/aromatic N) is 1. The lowest BCUT2D eigenvalue weighted by Gasteiger charge is -2.25. The first-order valence-corrected chi connectivity index (χ1v) is 8.90. The fourth-order valence-corrected chi connectivity index (χ4v) is 3.01. The van der Waals surface area contributed by atoms with Crippen molar-refractivity contribution in [3.8, 4) is 0 Å². The molecule has 1 heterocycles. The molecule has 0 radical (unpaired) electrons. The molecule has 0 aromatic heterocycles. The molecule has 1 aliphatic heterocycles. The Kier molecular flexibility index (Phi) is 10.5. The van der Waals surface area contributed by atoms with Gasteiger partial charge in [0.25, 0.3) is 0 Å². The van der Waals surface area contributed by atoms with Gasteiger partial charge in [-0.2, -0.15) is 0 Å². The molecule has 21 heavy (non-hydrogen) atoms. The summed E-state index contributed by atoms with van der Waals surface area (Å²) in [6, 6.07) is 0.426. The smallest absolute Gasteiger partial charge is 0.222 e. The van der Waals surface area contributed by atoms with E-state index in [-0.39, 0.29) is 12.5 Å². The molecule has 2 N–H and O–H groups in total. The second kappa shape index (κ2) is 12.0. The van der Waals surface area contributed by atoms with Crippen molar-refractivity contribution in [1.82, 2.24) is 10.2 Å². The second-order valence-electron chi connectivity index (χ2n) is 6.23. The van der Waals surface area contributed by atoms with Crippen LogP contribution in [0.25, 0.3) is 0 Å². The number of carbonyl (C=O) groups is 1. The molecule has 1 fully saturated rings. The van der Waals surface area contributed by atoms with Gasteiger partial charge >= 0.3 is 0 Å². The third-order valence-electron chi connectivity index (χ3n) is 4.32. The SMILES string of the molecule is CCCCCCCCCC(=O)N(CCO)CC1CCCN1. The van der Waals surface area contributed by atoms with E-state index in [0.717, 1.165) is 32.4 Å². The lowest BCUT2D eigenvalue weighted by Crippen LogP contribution is -2.42. The maximum atomic E-state index is 12.2. The highest BCUT2D eigenvalue weighted by Crippen LogP contribution is 2.11. The van der Waals surface area contributed by atoms with Crippen molar-refractivity contribution >= 4 is 5.91 Å². The maximum absolute atomic E-state index is 12.2. The van der Waals surface area contributed by atoms with E-state index in [0.29, 0.717) is 19.0 Å². The van der Waals surface area contributed by atoms with Crippen molar-refractivity contribution < 1.29 is 9.90 Å². The van der Waals surface area contributed by atoms with Gasteiger partial charge in [0.15, 0.2) is 0 Å². The number of carbonyl (C=O) groups excluding carboxylic acids is 1. The summed E-state index contributed by atoms with van der Waals surface area (Å²) in [4.78, 5) is 14.1. The average Bonchev–Trinajstić information content (AvgIpc) is 2.98. The van der Waals surface area contributed by atoms with Gasteiger partial charge in [0.05, 0.1) is 6.61 Å². The normalized spacial score (nSPS) is 18.1. The first-order chi connectivity index (χ1) is 10.3. The van der Waals surface area contributed by atoms with E-state index in [2.05, 4.69) is 12.2 Å². The van der Waals surface area contributed by atoms with Gasteiger partial charge in [-0.05, 0) is 25.8 Å². The van der Waals surface area contributed by atoms with E-state index >= 15 is 0 Å². The largest absolute Gasteiger partial charge is 0.395 e. The lowest BCUT2D eigenvalue weighted by molar-refractivity contribution is -0.132. The Hall–Kier alpha value is -0.610. The van der Waals surface area contributed by atoms with Gasteiger partial charge in [-0.3, -0.25) is 4.79 Å². The zero-order chi connectivity index (χ0) is 15.3. The van der Waals surface area contributed by atoms with Crippen LogP contribution in [0.4, 0.5) is 0 Å². The number of rotatable bonds is 12. The Morgan fingerprint density at radius 2 is 1.90 bits per heavy atom. The molecule has 1 unspecified atom stereocenters. The van der Waals surface area contributed by atoms with E-state index in [1.165, 1.54) is 38.5 Å². The van der Waals surface area contributed by atoms with Crippen molar-refractivity contribution in [2.24, 2.45) is 0 Å². The van der Waals surface area contributed by atoms with E-state index in [1.54, 1.807) is 0 Å². The number of aliphatic hydroxyl groups is 1. The van der Waals surface area contributed by atoms with E-state index in [9.17, 15) is 4.79 Å². The Bertz CT molecular complexity index is 266. The number of hydrogen-bond donors (Lipinski definition) is 2. The molecule has 1 rings (SSSR count). The Morgan fingerprint density at radius 3 is 2.52 bits per heavy atom. The van der Waals surface area contributed by atoms with Gasteiger partial charge in [-0.15, -0.1) is 0 Å². The first-order valence-electron chi connectivity index (χ1n) is 8.90. The first kappa shape index (κ1) is 18.4. The van der Waals surface area contributed by atoms with Gasteiger partial charge in [-0.25, -0.2) is 0 Å². The quantitative estimate of drug-likeness (QED) is 0.545. The molecule has 0 aromatic rings. The second-order valence-corrected chi connectivity index (χ2v) is 6.23. The molecule has 0 spiro atoms. The van der Waals surface area contributed by atoms with Crippen molar-refractivity contribution in [3.05, 3.63) is 0 Å². The molecule has 0 bridgehead atoms. The van der Waals surface area contributed by atoms with Crippen LogP contribution in [0.5, 0.6) is 0 Å². The van der Waals surface area contributed by atoms with Crippen LogP contribution in [0.2, 0.25) is 0 Å². The van der Waals surface area contributed by atoms with Crippen LogP contribution in [-0.2, 0) is 4.79 Å². The van der Waals surface area contributed by atoms with Gasteiger partial charge in [0.2, 0.25) is 5.91 Å². The molecule has 124 valence electrons. The Morgan fingerprint density at radius 1 is 1.19 bits per heavy atom. The number of hydrogen-bond acceptors (Lipinski definition) is 3. The molecular formula is C17H34N2O2. The topological polar surface area (TPSA) is 52.6 Å². The Labute approximate surface area is 130 Å². The van der Waals surface area contributed by atoms with Crippen LogP contribution in [0.1, 0.15) is 71.1 Å². The number of unbranched alkanes of at least 4 members (excludes halogenated alkanes) is 6. The highest BCUT2D eigenvalue weighted by molar-refractivity contribution is 5.76. The van der Waals surface area contributed by atoms with Gasteiger partial charge in [0.1, 0.15) is 0 Å². The molecular weight excluding hydrogens is 264 g/mol. The summed E-state index contributed by atoms with van der Waals surface area (Å²) in [5.41, 5.74) is 0. The molecule has 4 heteroatoms. The van der Waals surface area contributed by atoms with Crippen LogP contribution in [0.15, 0.2) is 0 Å². The minimum atomic E-state index is 0.0650. The predicted molar refractivity (Wildman–Crippen MR) is 87.3 cm³/mol. The molecule has 1 atom stereocenters. The van der Waals surface area contributed by atoms with E-state index in [4.69, 9.17) is 5.11 Å². The van der Waals surface area contributed by atoms with Crippen LogP contribution in [-0.4, -0.2) is 48.2 Å². The lowest BCUT2D eigenvalue weighted by atomic mass is 10.1. The summed E-state index contributed by atoms with van der Waals surface area (Å²) in [6.45, 7) is 4.59. The van der Waals surface area contributed by atoms with Crippen LogP contribution in [0, 0.1) is 0 Å². The molecule has 0 saturated carbocycles. The standard InChI is InChI=1S/C17H34N2O2/c1-2-3-4-5-6-7-8-11-17(21)19(13-14-20)15-16-10-9-12-18-16/h16,18,20H,2-15H2,1H3. The fraction of sp³-hybridized carbons (Fsp3) is 0.941. The van der Waals surface area contributed by atoms with Crippen molar-refractivity contribution in [2.45, 2.75) is 77.2 Å². The van der Waals surface area contributed by atoms with Gasteiger partial charge in [-0.1, -0.05) is 45.4 Å². The fourth-order valence-electron chi connectivity index (χ4n) is 3.01. The summed E-state index contributed by atoms with van der Waals surface area (Å²) >= 11 is 0. The third-order valence-corrected chi connectivity index (χ3v) is 4.32. The number of aliphatic hydroxyl groups excluding tert-OH is 1. The number of nitrogens with one attached hydrogen (secondary N) is 1. The maximum Gasteiger partial charge on any atom is 0.222 e. The monoisotopic (exact) mass is 298 g/mol. The molecule has 0 aromatic carbocycles. The van der Waals surface area contributed by atoms with Crippen LogP contribution < -0.4 is 5.32 Å². The summed E-state index contributed by atoms with van der Waals surface area (Å²) in [6.07, 6.45) is 11.6. The third kappa shape index (κ3) is 8.42. The molecule has 4 nitrogen and oxygen atoms in total. The highest BCUT2D eigenvalue weighted by Gasteiger charge is 2.20. The molecule has 1 aliphatic rings. The summed E-state index contributed by atoms with van der Waals surface area (Å²) in [7, 11) is 0. The van der Waals surface area contributed by atoms with Gasteiger partial charge < -0.3 is 15.3 Å². The highest BCUT2D eigenvalue weighted by atomic mass is 16.3. The van der Waals surface area contributed by atoms with Crippen LogP contribution >= 0.6 is 0 Å². The average molecular weight is 298 g/mol. The van der Waals surface area contributed by atoms with Gasteiger partial charge in [0, 0.05) is 25.6 Å². The minimum absolute atomic E-state index is 0.0650. The van der Waals surface area contributed by atoms with E-state index in [1.807, 2.05) is 4.90 Å². The van der Waals surface area contributed by atoms with Crippen LogP contribution in [0.3, 0.4) is 0 Å². The summed E-state index contributed by atoms with van der Waals surface area (Å²) in [5, 5.41) is 12.6. The van der Waals surface area contributed by atoms with Crippen molar-refractivity contribution in [1.29, 1.82) is 0 Å². The molecule has 0 aliphatic carbocycles. The summed E-state index contributed by atoms with van der Waals surface area (Å²) in [5.74, 6) is 0.214. The van der Waals surface area contributed by atoms with E-state index < -0.39 is 0 Å².